The molecule has 0 radical (unpaired) electrons. The Hall–Kier alpha value is -2.89. The van der Waals surface area contributed by atoms with Crippen molar-refractivity contribution in [2.24, 2.45) is 0 Å². The van der Waals surface area contributed by atoms with E-state index in [1.165, 1.54) is 14.2 Å². The molecule has 0 unspecified atom stereocenters. The molecule has 0 fully saturated rings. The number of nitrogens with one attached hydrogen (secondary N) is 1. The molecule has 2 rings (SSSR count). The second-order valence-corrected chi connectivity index (χ2v) is 6.36. The van der Waals surface area contributed by atoms with Crippen LogP contribution in [0, 0.1) is 13.7 Å². The lowest BCUT2D eigenvalue weighted by molar-refractivity contribution is -0.385. The van der Waals surface area contributed by atoms with Crippen LogP contribution >= 0.6 is 22.6 Å². The number of hydrogen-bond donors (Lipinski definition) is 1. The summed E-state index contributed by atoms with van der Waals surface area (Å²) in [4.78, 5) is 34.6. The van der Waals surface area contributed by atoms with Crippen LogP contribution in [0.1, 0.15) is 10.4 Å². The first-order valence-electron chi connectivity index (χ1n) is 7.48. The maximum atomic E-state index is 12.2. The van der Waals surface area contributed by atoms with E-state index in [2.05, 4.69) is 27.9 Å². The van der Waals surface area contributed by atoms with Crippen LogP contribution in [0.5, 0.6) is 11.5 Å². The molecule has 0 aromatic heterocycles. The molecule has 0 saturated carbocycles. The third-order valence-corrected chi connectivity index (χ3v) is 4.10. The number of methoxy groups -OCH3 is 2. The Morgan fingerprint density at radius 3 is 2.26 bits per heavy atom. The van der Waals surface area contributed by atoms with E-state index in [1.807, 2.05) is 0 Å². The lowest BCUT2D eigenvalue weighted by atomic mass is 10.1. The topological polar surface area (TPSA) is 117 Å². The Bertz CT molecular complexity index is 868. The summed E-state index contributed by atoms with van der Waals surface area (Å²) in [5.41, 5.74) is -0.330. The number of benzene rings is 2. The van der Waals surface area contributed by atoms with Crippen molar-refractivity contribution in [2.45, 2.75) is 0 Å². The maximum Gasteiger partial charge on any atom is 0.345 e. The van der Waals surface area contributed by atoms with Gasteiger partial charge < -0.3 is 19.5 Å². The summed E-state index contributed by atoms with van der Waals surface area (Å²) in [5, 5.41) is 13.8. The molecular formula is C17H15IN2O7. The highest BCUT2D eigenvalue weighted by molar-refractivity contribution is 14.1. The predicted octanol–water partition coefficient (Wildman–Crippen LogP) is 3.01. The van der Waals surface area contributed by atoms with E-state index in [-0.39, 0.29) is 17.1 Å². The van der Waals surface area contributed by atoms with E-state index in [4.69, 9.17) is 14.2 Å². The Balaban J connectivity index is 2.11. The van der Waals surface area contributed by atoms with Crippen molar-refractivity contribution >= 4 is 45.8 Å². The summed E-state index contributed by atoms with van der Waals surface area (Å²) in [6, 6.07) is 9.18. The van der Waals surface area contributed by atoms with Gasteiger partial charge in [-0.2, -0.15) is 0 Å². The number of carbonyl (C=O) groups excluding carboxylic acids is 2. The van der Waals surface area contributed by atoms with Gasteiger partial charge in [-0.15, -0.1) is 0 Å². The van der Waals surface area contributed by atoms with Gasteiger partial charge in [0.15, 0.2) is 18.1 Å². The quantitative estimate of drug-likeness (QED) is 0.277. The van der Waals surface area contributed by atoms with Crippen LogP contribution in [0.3, 0.4) is 0 Å². The number of halogens is 1. The van der Waals surface area contributed by atoms with Crippen LogP contribution in [0.15, 0.2) is 36.4 Å². The number of rotatable bonds is 7. The minimum atomic E-state index is -1.03. The average molecular weight is 486 g/mol. The van der Waals surface area contributed by atoms with Gasteiger partial charge in [0.05, 0.1) is 25.2 Å². The summed E-state index contributed by atoms with van der Waals surface area (Å²) in [6.07, 6.45) is 0. The second-order valence-electron chi connectivity index (χ2n) is 5.11. The molecule has 0 bridgehead atoms. The minimum Gasteiger partial charge on any atom is -0.493 e. The summed E-state index contributed by atoms with van der Waals surface area (Å²) in [7, 11) is 2.64. The standard InChI is InChI=1S/C17H15IN2O7/c1-25-14-7-12(13(20(23)24)8-15(14)26-2)17(22)27-9-16(21)19-11-5-3-10(18)4-6-11/h3-8H,9H2,1-2H3,(H,19,21). The smallest absolute Gasteiger partial charge is 0.345 e. The zero-order valence-electron chi connectivity index (χ0n) is 14.4. The molecule has 1 N–H and O–H groups in total. The minimum absolute atomic E-state index is 0.0946. The van der Waals surface area contributed by atoms with Crippen molar-refractivity contribution in [3.05, 3.63) is 55.6 Å². The van der Waals surface area contributed by atoms with Crippen LogP contribution in [0.2, 0.25) is 0 Å². The number of carbonyl (C=O) groups is 2. The fraction of sp³-hybridized carbons (Fsp3) is 0.176. The Labute approximate surface area is 167 Å². The molecule has 0 saturated heterocycles. The van der Waals surface area contributed by atoms with Gasteiger partial charge in [0, 0.05) is 15.3 Å². The van der Waals surface area contributed by atoms with E-state index in [0.717, 1.165) is 15.7 Å². The molecule has 0 heterocycles. The van der Waals surface area contributed by atoms with E-state index < -0.39 is 29.1 Å². The maximum absolute atomic E-state index is 12.2. The highest BCUT2D eigenvalue weighted by Gasteiger charge is 2.26. The van der Waals surface area contributed by atoms with Gasteiger partial charge in [-0.1, -0.05) is 0 Å². The molecule has 142 valence electrons. The molecule has 0 spiro atoms. The molecule has 2 aromatic rings. The van der Waals surface area contributed by atoms with Gasteiger partial charge in [-0.3, -0.25) is 14.9 Å². The summed E-state index contributed by atoms with van der Waals surface area (Å²) < 4.78 is 15.9. The molecule has 0 aliphatic heterocycles. The van der Waals surface area contributed by atoms with Gasteiger partial charge in [-0.05, 0) is 46.9 Å². The lowest BCUT2D eigenvalue weighted by Crippen LogP contribution is -2.21. The third-order valence-electron chi connectivity index (χ3n) is 3.38. The third kappa shape index (κ3) is 5.29. The Morgan fingerprint density at radius 1 is 1.11 bits per heavy atom. The van der Waals surface area contributed by atoms with E-state index in [9.17, 15) is 19.7 Å². The number of nitro groups is 1. The largest absolute Gasteiger partial charge is 0.493 e. The number of nitro benzene ring substituents is 1. The lowest BCUT2D eigenvalue weighted by Gasteiger charge is -2.10. The highest BCUT2D eigenvalue weighted by Crippen LogP contribution is 2.34. The van der Waals surface area contributed by atoms with Crippen LogP contribution in [-0.4, -0.2) is 37.6 Å². The van der Waals surface area contributed by atoms with Gasteiger partial charge in [0.2, 0.25) is 0 Å². The first-order valence-corrected chi connectivity index (χ1v) is 8.56. The van der Waals surface area contributed by atoms with Gasteiger partial charge in [0.1, 0.15) is 5.56 Å². The number of ether oxygens (including phenoxy) is 3. The van der Waals surface area contributed by atoms with Crippen molar-refractivity contribution in [3.8, 4) is 11.5 Å². The Kier molecular flexibility index (Phi) is 6.93. The predicted molar refractivity (Wildman–Crippen MR) is 104 cm³/mol. The molecule has 2 aromatic carbocycles. The molecule has 1 amide bonds. The fourth-order valence-electron chi connectivity index (χ4n) is 2.12. The van der Waals surface area contributed by atoms with E-state index >= 15 is 0 Å². The Morgan fingerprint density at radius 2 is 1.70 bits per heavy atom. The van der Waals surface area contributed by atoms with Crippen molar-refractivity contribution < 1.29 is 28.7 Å². The molecular weight excluding hydrogens is 471 g/mol. The number of hydrogen-bond acceptors (Lipinski definition) is 7. The fourth-order valence-corrected chi connectivity index (χ4v) is 2.48. The summed E-state index contributed by atoms with van der Waals surface area (Å²) in [6.45, 7) is -0.601. The molecule has 0 aliphatic carbocycles. The monoisotopic (exact) mass is 486 g/mol. The highest BCUT2D eigenvalue weighted by atomic mass is 127. The number of amides is 1. The van der Waals surface area contributed by atoms with Gasteiger partial charge in [0.25, 0.3) is 11.6 Å². The normalized spacial score (nSPS) is 10.0. The first kappa shape index (κ1) is 20.4. The van der Waals surface area contributed by atoms with Crippen LogP contribution in [0.25, 0.3) is 0 Å². The average Bonchev–Trinajstić information content (AvgIpc) is 2.66. The zero-order valence-corrected chi connectivity index (χ0v) is 16.5. The van der Waals surface area contributed by atoms with Crippen LogP contribution < -0.4 is 14.8 Å². The van der Waals surface area contributed by atoms with Crippen LogP contribution in [-0.2, 0) is 9.53 Å². The van der Waals surface area contributed by atoms with E-state index in [1.54, 1.807) is 24.3 Å². The van der Waals surface area contributed by atoms with Crippen molar-refractivity contribution in [3.63, 3.8) is 0 Å². The van der Waals surface area contributed by atoms with Crippen LogP contribution in [0.4, 0.5) is 11.4 Å². The molecule has 9 nitrogen and oxygen atoms in total. The van der Waals surface area contributed by atoms with Crippen molar-refractivity contribution in [1.82, 2.24) is 0 Å². The van der Waals surface area contributed by atoms with Gasteiger partial charge >= 0.3 is 5.97 Å². The van der Waals surface area contributed by atoms with Gasteiger partial charge in [-0.25, -0.2) is 4.79 Å². The number of anilines is 1. The molecule has 0 atom stereocenters. The summed E-state index contributed by atoms with van der Waals surface area (Å²) >= 11 is 2.12. The summed E-state index contributed by atoms with van der Waals surface area (Å²) in [5.74, 6) is -1.39. The van der Waals surface area contributed by atoms with E-state index in [0.29, 0.717) is 5.69 Å². The SMILES string of the molecule is COc1cc(C(=O)OCC(=O)Nc2ccc(I)cc2)c([N+](=O)[O-])cc1OC. The zero-order chi connectivity index (χ0) is 20.0. The second kappa shape index (κ2) is 9.16. The molecule has 10 heteroatoms. The molecule has 27 heavy (non-hydrogen) atoms. The van der Waals surface area contributed by atoms with Crippen molar-refractivity contribution in [2.75, 3.05) is 26.1 Å². The number of nitrogens with zero attached hydrogens (tertiary/aromatic N) is 1. The first-order chi connectivity index (χ1) is 12.8. The molecule has 0 aliphatic rings. The van der Waals surface area contributed by atoms with Crippen molar-refractivity contribution in [1.29, 1.82) is 0 Å². The number of esters is 1.